The highest BCUT2D eigenvalue weighted by Crippen LogP contribution is 2.33. The van der Waals surface area contributed by atoms with Crippen LogP contribution in [0.25, 0.3) is 0 Å². The van der Waals surface area contributed by atoms with E-state index >= 15 is 0 Å². The van der Waals surface area contributed by atoms with Crippen molar-refractivity contribution in [1.82, 2.24) is 10.3 Å². The molecular formula is C26H25ClF6N4O4. The number of Topliss-reactive ketones (excluding diaryl/α,β-unsaturated/α-hetero) is 1. The molecule has 1 aliphatic rings. The number of ether oxygens (including phenoxy) is 1. The zero-order valence-corrected chi connectivity index (χ0v) is 22.2. The predicted octanol–water partition coefficient (Wildman–Crippen LogP) is 4.55. The van der Waals surface area contributed by atoms with Gasteiger partial charge in [-0.05, 0) is 31.0 Å². The van der Waals surface area contributed by atoms with E-state index in [2.05, 4.69) is 15.3 Å². The van der Waals surface area contributed by atoms with Crippen LogP contribution in [0.5, 0.6) is 5.75 Å². The van der Waals surface area contributed by atoms with Gasteiger partial charge in [0.05, 0.1) is 23.5 Å². The van der Waals surface area contributed by atoms with Crippen LogP contribution in [0.15, 0.2) is 41.5 Å². The van der Waals surface area contributed by atoms with Gasteiger partial charge in [-0.25, -0.2) is 4.99 Å². The molecule has 0 unspecified atom stereocenters. The fourth-order valence-electron chi connectivity index (χ4n) is 4.47. The van der Waals surface area contributed by atoms with Gasteiger partial charge in [0.2, 0.25) is 11.8 Å². The van der Waals surface area contributed by atoms with Crippen LogP contribution in [0.2, 0.25) is 5.02 Å². The minimum atomic E-state index is -4.79. The van der Waals surface area contributed by atoms with E-state index in [9.17, 15) is 40.7 Å². The van der Waals surface area contributed by atoms with Crippen molar-refractivity contribution in [2.24, 2.45) is 22.6 Å². The summed E-state index contributed by atoms with van der Waals surface area (Å²) in [6, 6.07) is 7.82. The highest BCUT2D eigenvalue weighted by atomic mass is 35.5. The summed E-state index contributed by atoms with van der Waals surface area (Å²) in [6.07, 6.45) is -15.4. The number of aromatic nitrogens is 1. The number of hydrogen-bond acceptors (Lipinski definition) is 6. The largest absolute Gasteiger partial charge is 0.496 e. The number of amides is 2. The third-order valence-corrected chi connectivity index (χ3v) is 6.66. The number of benzene rings is 1. The zero-order chi connectivity index (χ0) is 30.5. The quantitative estimate of drug-likeness (QED) is 0.384. The van der Waals surface area contributed by atoms with E-state index in [4.69, 9.17) is 22.1 Å². The normalized spacial score (nSPS) is 17.1. The van der Waals surface area contributed by atoms with Gasteiger partial charge in [0.1, 0.15) is 5.75 Å². The number of carbonyl (C=O) groups is 3. The standard InChI is InChI=1S/C26H25ClF6N4O4/c1-41-20-4-2-3-14-17(20)11-19(38)23(36-21(14)18-6-5-13(27)12-35-18)37-24(40)16(8-10-26(31,32)33)15(22(34)39)7-9-25(28,29)30/h2-6,12,15-16,23H,7-11H2,1H3,(H2,34,39)(H,37,40)/t15-,16+,23+/m0/s1. The first-order valence-corrected chi connectivity index (χ1v) is 12.6. The fourth-order valence-corrected chi connectivity index (χ4v) is 4.58. The molecule has 2 aromatic rings. The van der Waals surface area contributed by atoms with E-state index < -0.39 is 73.6 Å². The van der Waals surface area contributed by atoms with E-state index in [-0.39, 0.29) is 17.8 Å². The lowest BCUT2D eigenvalue weighted by molar-refractivity contribution is -0.152. The Balaban J connectivity index is 2.03. The van der Waals surface area contributed by atoms with Crippen LogP contribution in [-0.4, -0.2) is 53.9 Å². The van der Waals surface area contributed by atoms with Gasteiger partial charge in [0.25, 0.3) is 0 Å². The van der Waals surface area contributed by atoms with Crippen molar-refractivity contribution < 1.29 is 45.5 Å². The Hall–Kier alpha value is -3.68. The average Bonchev–Trinajstić information content (AvgIpc) is 3.01. The Labute approximate surface area is 235 Å². The van der Waals surface area contributed by atoms with Crippen molar-refractivity contribution in [3.63, 3.8) is 0 Å². The summed E-state index contributed by atoms with van der Waals surface area (Å²) in [5.41, 5.74) is 6.38. The molecule has 0 fully saturated rings. The number of fused-ring (bicyclic) bond motifs is 1. The molecule has 1 aromatic carbocycles. The molecule has 3 rings (SSSR count). The van der Waals surface area contributed by atoms with Gasteiger partial charge in [0.15, 0.2) is 11.9 Å². The molecule has 1 aliphatic heterocycles. The van der Waals surface area contributed by atoms with Gasteiger partial charge in [-0.1, -0.05) is 23.7 Å². The van der Waals surface area contributed by atoms with Crippen LogP contribution in [0, 0.1) is 11.8 Å². The smallest absolute Gasteiger partial charge is 0.389 e. The first-order chi connectivity index (χ1) is 19.1. The molecule has 41 heavy (non-hydrogen) atoms. The first kappa shape index (κ1) is 31.8. The molecule has 0 aliphatic carbocycles. The van der Waals surface area contributed by atoms with Crippen molar-refractivity contribution >= 4 is 34.9 Å². The van der Waals surface area contributed by atoms with E-state index in [1.165, 1.54) is 25.4 Å². The SMILES string of the molecule is COc1cccc2c1CC(=O)[C@@H](NC(=O)[C@H](CCC(F)(F)F)[C@H](CCC(F)(F)F)C(N)=O)N=C2c1ccc(Cl)cn1. The summed E-state index contributed by atoms with van der Waals surface area (Å²) in [6.45, 7) is 0. The molecule has 1 aromatic heterocycles. The number of nitrogens with one attached hydrogen (secondary N) is 1. The van der Waals surface area contributed by atoms with Crippen LogP contribution in [0.4, 0.5) is 26.3 Å². The summed E-state index contributed by atoms with van der Waals surface area (Å²) in [7, 11) is 1.37. The number of primary amides is 1. The lowest BCUT2D eigenvalue weighted by atomic mass is 9.83. The van der Waals surface area contributed by atoms with Crippen LogP contribution in [-0.2, 0) is 20.8 Å². The molecule has 0 radical (unpaired) electrons. The number of aliphatic imine (C=N–C) groups is 1. The first-order valence-electron chi connectivity index (χ1n) is 12.2. The fraction of sp³-hybridized carbons (Fsp3) is 0.423. The minimum Gasteiger partial charge on any atom is -0.496 e. The lowest BCUT2D eigenvalue weighted by Gasteiger charge is -2.26. The Morgan fingerprint density at radius 2 is 1.71 bits per heavy atom. The van der Waals surface area contributed by atoms with Crippen LogP contribution in [0.1, 0.15) is 42.5 Å². The monoisotopic (exact) mass is 606 g/mol. The van der Waals surface area contributed by atoms with E-state index in [1.807, 2.05) is 0 Å². The molecule has 3 N–H and O–H groups in total. The van der Waals surface area contributed by atoms with Crippen LogP contribution < -0.4 is 15.8 Å². The summed E-state index contributed by atoms with van der Waals surface area (Å²) in [5.74, 6) is -6.85. The molecule has 0 spiro atoms. The predicted molar refractivity (Wildman–Crippen MR) is 135 cm³/mol. The Kier molecular flexibility index (Phi) is 10.0. The number of rotatable bonds is 10. The summed E-state index contributed by atoms with van der Waals surface area (Å²) < 4.78 is 83.2. The van der Waals surface area contributed by atoms with Crippen LogP contribution >= 0.6 is 11.6 Å². The number of methoxy groups -OCH3 is 1. The summed E-state index contributed by atoms with van der Waals surface area (Å²) in [5, 5.41) is 2.52. The molecule has 0 bridgehead atoms. The van der Waals surface area contributed by atoms with Crippen LogP contribution in [0.3, 0.4) is 0 Å². The zero-order valence-electron chi connectivity index (χ0n) is 21.5. The Morgan fingerprint density at radius 1 is 1.07 bits per heavy atom. The van der Waals surface area contributed by atoms with Crippen molar-refractivity contribution in [1.29, 1.82) is 0 Å². The maximum atomic E-state index is 13.3. The van der Waals surface area contributed by atoms with Gasteiger partial charge in [-0.15, -0.1) is 0 Å². The van der Waals surface area contributed by atoms with Crippen molar-refractivity contribution in [3.05, 3.63) is 58.4 Å². The average molecular weight is 607 g/mol. The number of halogens is 7. The number of alkyl halides is 6. The second kappa shape index (κ2) is 12.9. The van der Waals surface area contributed by atoms with Crippen molar-refractivity contribution in [2.45, 2.75) is 50.6 Å². The van der Waals surface area contributed by atoms with Gasteiger partial charge in [0, 0.05) is 48.4 Å². The molecule has 0 saturated heterocycles. The maximum absolute atomic E-state index is 13.3. The third-order valence-electron chi connectivity index (χ3n) is 6.44. The number of nitrogens with two attached hydrogens (primary N) is 1. The molecule has 222 valence electrons. The summed E-state index contributed by atoms with van der Waals surface area (Å²) >= 11 is 5.94. The minimum absolute atomic E-state index is 0.113. The highest BCUT2D eigenvalue weighted by molar-refractivity contribution is 6.30. The molecular weight excluding hydrogens is 582 g/mol. The van der Waals surface area contributed by atoms with Crippen molar-refractivity contribution in [2.75, 3.05) is 7.11 Å². The number of pyridine rings is 1. The molecule has 2 heterocycles. The molecule has 2 amide bonds. The summed E-state index contributed by atoms with van der Waals surface area (Å²) in [4.78, 5) is 47.2. The number of hydrogen-bond donors (Lipinski definition) is 2. The van der Waals surface area contributed by atoms with E-state index in [0.29, 0.717) is 21.9 Å². The third kappa shape index (κ3) is 8.65. The van der Waals surface area contributed by atoms with Gasteiger partial charge in [-0.2, -0.15) is 26.3 Å². The maximum Gasteiger partial charge on any atom is 0.389 e. The number of carbonyl (C=O) groups excluding carboxylic acids is 3. The molecule has 0 saturated carbocycles. The number of nitrogens with zero attached hydrogens (tertiary/aromatic N) is 2. The highest BCUT2D eigenvalue weighted by Gasteiger charge is 2.40. The Morgan fingerprint density at radius 3 is 2.24 bits per heavy atom. The lowest BCUT2D eigenvalue weighted by Crippen LogP contribution is -2.47. The molecule has 3 atom stereocenters. The van der Waals surface area contributed by atoms with Gasteiger partial charge >= 0.3 is 12.4 Å². The second-order valence-electron chi connectivity index (χ2n) is 9.30. The number of ketones is 1. The Bertz CT molecular complexity index is 1310. The molecule has 15 heteroatoms. The van der Waals surface area contributed by atoms with E-state index in [0.717, 1.165) is 0 Å². The molecule has 8 nitrogen and oxygen atoms in total. The van der Waals surface area contributed by atoms with Crippen molar-refractivity contribution in [3.8, 4) is 5.75 Å². The topological polar surface area (TPSA) is 124 Å². The van der Waals surface area contributed by atoms with E-state index in [1.54, 1.807) is 18.2 Å². The van der Waals surface area contributed by atoms with Gasteiger partial charge in [-0.3, -0.25) is 19.4 Å². The second-order valence-corrected chi connectivity index (χ2v) is 9.74. The van der Waals surface area contributed by atoms with Gasteiger partial charge < -0.3 is 15.8 Å².